The maximum atomic E-state index is 12.1. The van der Waals surface area contributed by atoms with Gasteiger partial charge in [0.2, 0.25) is 0 Å². The molecule has 0 unspecified atom stereocenters. The normalized spacial score (nSPS) is 13.2. The highest BCUT2D eigenvalue weighted by Crippen LogP contribution is 2.22. The van der Waals surface area contributed by atoms with Crippen LogP contribution in [0.1, 0.15) is 31.2 Å². The van der Waals surface area contributed by atoms with E-state index in [-0.39, 0.29) is 22.6 Å². The topological polar surface area (TPSA) is 115 Å². The Kier molecular flexibility index (Phi) is 3.26. The van der Waals surface area contributed by atoms with E-state index in [1.54, 1.807) is 12.1 Å². The average Bonchev–Trinajstić information content (AvgIpc) is 2.77. The molecule has 8 heteroatoms. The van der Waals surface area contributed by atoms with E-state index < -0.39 is 24.5 Å². The predicted octanol–water partition coefficient (Wildman–Crippen LogP) is 0.469. The minimum atomic E-state index is -0.859. The zero-order chi connectivity index (χ0) is 15.7. The lowest BCUT2D eigenvalue weighted by Crippen LogP contribution is -2.33. The fourth-order valence-electron chi connectivity index (χ4n) is 2.05. The second kappa shape index (κ2) is 5.24. The summed E-state index contributed by atoms with van der Waals surface area (Å²) < 4.78 is 4.93. The molecule has 0 saturated carbocycles. The van der Waals surface area contributed by atoms with Crippen molar-refractivity contribution < 1.29 is 19.1 Å². The third-order valence-corrected chi connectivity index (χ3v) is 3.12. The first-order valence-corrected chi connectivity index (χ1v) is 6.28. The summed E-state index contributed by atoms with van der Waals surface area (Å²) >= 11 is 0. The number of carbonyl (C=O) groups is 3. The molecule has 0 atom stereocenters. The highest BCUT2D eigenvalue weighted by molar-refractivity contribution is 6.21. The lowest BCUT2D eigenvalue weighted by atomic mass is 10.1. The molecule has 0 bridgehead atoms. The quantitative estimate of drug-likeness (QED) is 0.646. The third kappa shape index (κ3) is 2.16. The number of esters is 1. The maximum absolute atomic E-state index is 12.1. The van der Waals surface area contributed by atoms with Crippen LogP contribution in [0, 0.1) is 0 Å². The number of imide groups is 1. The van der Waals surface area contributed by atoms with Crippen molar-refractivity contribution >= 4 is 23.6 Å². The Labute approximate surface area is 124 Å². The van der Waals surface area contributed by atoms with Crippen LogP contribution >= 0.6 is 0 Å². The summed E-state index contributed by atoms with van der Waals surface area (Å²) in [5, 5.41) is 0. The average molecular weight is 298 g/mol. The minimum Gasteiger partial charge on any atom is -0.439 e. The van der Waals surface area contributed by atoms with Gasteiger partial charge in [0.25, 0.3) is 11.8 Å². The molecular weight excluding hydrogens is 288 g/mol. The van der Waals surface area contributed by atoms with Gasteiger partial charge in [0.1, 0.15) is 0 Å². The van der Waals surface area contributed by atoms with E-state index in [1.165, 1.54) is 24.5 Å². The number of amides is 2. The number of nitrogens with two attached hydrogens (primary N) is 1. The van der Waals surface area contributed by atoms with Crippen molar-refractivity contribution in [2.45, 2.75) is 0 Å². The highest BCUT2D eigenvalue weighted by Gasteiger charge is 2.36. The number of hydrogen-bond acceptors (Lipinski definition) is 7. The van der Waals surface area contributed by atoms with Crippen molar-refractivity contribution in [2.75, 3.05) is 12.5 Å². The Morgan fingerprint density at radius 1 is 1.09 bits per heavy atom. The number of fused-ring (bicyclic) bond motifs is 1. The molecule has 0 fully saturated rings. The Bertz CT molecular complexity index is 755. The van der Waals surface area contributed by atoms with Crippen LogP contribution in [-0.2, 0) is 4.74 Å². The standard InChI is InChI=1S/C14H10N4O4/c15-11-10(16-5-6-17-11)14(21)22-7-18-12(19)8-3-1-2-4-9(8)13(18)20/h1-6H,7H2,(H2,15,17). The van der Waals surface area contributed by atoms with E-state index in [2.05, 4.69) is 9.97 Å². The number of hydrogen-bond donors (Lipinski definition) is 1. The Hall–Kier alpha value is -3.29. The van der Waals surface area contributed by atoms with Gasteiger partial charge in [0.15, 0.2) is 18.2 Å². The van der Waals surface area contributed by atoms with Gasteiger partial charge < -0.3 is 10.5 Å². The van der Waals surface area contributed by atoms with E-state index in [9.17, 15) is 14.4 Å². The van der Waals surface area contributed by atoms with Gasteiger partial charge in [-0.1, -0.05) is 12.1 Å². The number of rotatable bonds is 3. The number of anilines is 1. The van der Waals surface area contributed by atoms with Gasteiger partial charge in [-0.25, -0.2) is 19.7 Å². The molecule has 0 aliphatic carbocycles. The Balaban J connectivity index is 1.73. The molecule has 22 heavy (non-hydrogen) atoms. The van der Waals surface area contributed by atoms with Crippen molar-refractivity contribution in [3.8, 4) is 0 Å². The van der Waals surface area contributed by atoms with Crippen LogP contribution in [0.5, 0.6) is 0 Å². The van der Waals surface area contributed by atoms with E-state index in [0.717, 1.165) is 4.90 Å². The fourth-order valence-corrected chi connectivity index (χ4v) is 2.05. The van der Waals surface area contributed by atoms with Crippen molar-refractivity contribution in [1.82, 2.24) is 14.9 Å². The minimum absolute atomic E-state index is 0.0881. The zero-order valence-electron chi connectivity index (χ0n) is 11.2. The number of aromatic nitrogens is 2. The predicted molar refractivity (Wildman–Crippen MR) is 73.7 cm³/mol. The van der Waals surface area contributed by atoms with Gasteiger partial charge >= 0.3 is 5.97 Å². The van der Waals surface area contributed by atoms with Crippen LogP contribution < -0.4 is 5.73 Å². The first-order valence-electron chi connectivity index (χ1n) is 6.28. The third-order valence-electron chi connectivity index (χ3n) is 3.12. The largest absolute Gasteiger partial charge is 0.439 e. The Morgan fingerprint density at radius 2 is 1.68 bits per heavy atom. The number of carbonyl (C=O) groups excluding carboxylic acids is 3. The fraction of sp³-hybridized carbons (Fsp3) is 0.0714. The lowest BCUT2D eigenvalue weighted by molar-refractivity contribution is 0.0224. The van der Waals surface area contributed by atoms with E-state index in [0.29, 0.717) is 0 Å². The molecule has 0 radical (unpaired) electrons. The molecule has 1 aliphatic rings. The molecule has 2 heterocycles. The summed E-state index contributed by atoms with van der Waals surface area (Å²) in [6.45, 7) is -0.513. The summed E-state index contributed by atoms with van der Waals surface area (Å²) in [6, 6.07) is 6.38. The maximum Gasteiger partial charge on any atom is 0.362 e. The van der Waals surface area contributed by atoms with Crippen LogP contribution in [0.15, 0.2) is 36.7 Å². The lowest BCUT2D eigenvalue weighted by Gasteiger charge is -2.13. The number of nitrogens with zero attached hydrogens (tertiary/aromatic N) is 3. The van der Waals surface area contributed by atoms with Crippen molar-refractivity contribution in [1.29, 1.82) is 0 Å². The summed E-state index contributed by atoms with van der Waals surface area (Å²) in [6.07, 6.45) is 2.62. The van der Waals surface area contributed by atoms with Gasteiger partial charge in [0, 0.05) is 12.4 Å². The molecule has 1 aromatic carbocycles. The Morgan fingerprint density at radius 3 is 2.27 bits per heavy atom. The molecule has 0 saturated heterocycles. The summed E-state index contributed by atoms with van der Waals surface area (Å²) in [5.74, 6) is -1.97. The highest BCUT2D eigenvalue weighted by atomic mass is 16.5. The molecule has 2 N–H and O–H groups in total. The van der Waals surface area contributed by atoms with Crippen LogP contribution in [0.4, 0.5) is 5.82 Å². The van der Waals surface area contributed by atoms with Crippen LogP contribution in [0.3, 0.4) is 0 Å². The first-order chi connectivity index (χ1) is 10.6. The molecule has 1 aromatic heterocycles. The molecular formula is C14H10N4O4. The van der Waals surface area contributed by atoms with Crippen molar-refractivity contribution in [3.05, 3.63) is 53.5 Å². The van der Waals surface area contributed by atoms with Crippen LogP contribution in [-0.4, -0.2) is 39.4 Å². The molecule has 1 aliphatic heterocycles. The van der Waals surface area contributed by atoms with Crippen LogP contribution in [0.2, 0.25) is 0 Å². The summed E-state index contributed by atoms with van der Waals surface area (Å²) in [7, 11) is 0. The van der Waals surface area contributed by atoms with Crippen molar-refractivity contribution in [3.63, 3.8) is 0 Å². The summed E-state index contributed by atoms with van der Waals surface area (Å²) in [4.78, 5) is 44.3. The smallest absolute Gasteiger partial charge is 0.362 e. The van der Waals surface area contributed by atoms with Gasteiger partial charge in [0.05, 0.1) is 11.1 Å². The monoisotopic (exact) mass is 298 g/mol. The molecule has 2 aromatic rings. The zero-order valence-corrected chi connectivity index (χ0v) is 11.2. The number of ether oxygens (including phenoxy) is 1. The van der Waals surface area contributed by atoms with Gasteiger partial charge in [-0.2, -0.15) is 0 Å². The second-order valence-corrected chi connectivity index (χ2v) is 4.44. The summed E-state index contributed by atoms with van der Waals surface area (Å²) in [5.41, 5.74) is 5.90. The van der Waals surface area contributed by atoms with E-state index >= 15 is 0 Å². The SMILES string of the molecule is Nc1nccnc1C(=O)OCN1C(=O)c2ccccc2C1=O. The van der Waals surface area contributed by atoms with Gasteiger partial charge in [-0.05, 0) is 12.1 Å². The van der Waals surface area contributed by atoms with Crippen LogP contribution in [0.25, 0.3) is 0 Å². The van der Waals surface area contributed by atoms with E-state index in [4.69, 9.17) is 10.5 Å². The molecule has 110 valence electrons. The van der Waals surface area contributed by atoms with Gasteiger partial charge in [-0.15, -0.1) is 0 Å². The molecule has 2 amide bonds. The number of benzene rings is 1. The van der Waals surface area contributed by atoms with Crippen molar-refractivity contribution in [2.24, 2.45) is 0 Å². The second-order valence-electron chi connectivity index (χ2n) is 4.44. The van der Waals surface area contributed by atoms with E-state index in [1.807, 2.05) is 0 Å². The molecule has 8 nitrogen and oxygen atoms in total. The first kappa shape index (κ1) is 13.7. The molecule has 0 spiro atoms. The van der Waals surface area contributed by atoms with Gasteiger partial charge in [-0.3, -0.25) is 9.59 Å². The number of nitrogen functional groups attached to an aromatic ring is 1. The molecule has 3 rings (SSSR count).